The highest BCUT2D eigenvalue weighted by Gasteiger charge is 2.30. The molecule has 0 saturated carbocycles. The fourth-order valence-corrected chi connectivity index (χ4v) is 3.25. The molecule has 0 aromatic carbocycles. The Morgan fingerprint density at radius 3 is 2.57 bits per heavy atom. The molecular formula is C18H35NO2. The number of likely N-dealkylation sites (tertiary alicyclic amines) is 1. The molecule has 1 heterocycles. The van der Waals surface area contributed by atoms with Crippen LogP contribution in [0.3, 0.4) is 0 Å². The van der Waals surface area contributed by atoms with Gasteiger partial charge in [-0.2, -0.15) is 0 Å². The Hall–Kier alpha value is -0.570. The standard InChI is InChI=1S/C18H35NO2/c1-5-6-7-8-9-16(20)14-19-13-12-15(18(2,3)4)10-11-17(19)21/h15-16,20H,5-14H2,1-4H3/t15-,16-/m0/s1. The van der Waals surface area contributed by atoms with Crippen LogP contribution in [-0.4, -0.2) is 35.1 Å². The van der Waals surface area contributed by atoms with Gasteiger partial charge in [-0.3, -0.25) is 4.79 Å². The van der Waals surface area contributed by atoms with Gasteiger partial charge in [-0.1, -0.05) is 53.4 Å². The largest absolute Gasteiger partial charge is 0.391 e. The molecule has 124 valence electrons. The zero-order valence-corrected chi connectivity index (χ0v) is 14.5. The van der Waals surface area contributed by atoms with Gasteiger partial charge in [0.05, 0.1) is 6.10 Å². The number of amides is 1. The van der Waals surface area contributed by atoms with Crippen molar-refractivity contribution < 1.29 is 9.90 Å². The van der Waals surface area contributed by atoms with Gasteiger partial charge in [0.1, 0.15) is 0 Å². The molecule has 3 heteroatoms. The Morgan fingerprint density at radius 1 is 1.24 bits per heavy atom. The van der Waals surface area contributed by atoms with Crippen molar-refractivity contribution in [3.05, 3.63) is 0 Å². The molecule has 1 N–H and O–H groups in total. The molecule has 21 heavy (non-hydrogen) atoms. The molecule has 0 bridgehead atoms. The SMILES string of the molecule is CCCCCC[C@H](O)CN1CC[C@@H](C(C)(C)C)CCC1=O. The van der Waals surface area contributed by atoms with E-state index in [1.807, 2.05) is 4.90 Å². The van der Waals surface area contributed by atoms with Crippen LogP contribution in [0.15, 0.2) is 0 Å². The van der Waals surface area contributed by atoms with Crippen molar-refractivity contribution in [2.24, 2.45) is 11.3 Å². The summed E-state index contributed by atoms with van der Waals surface area (Å²) in [6, 6.07) is 0. The lowest BCUT2D eigenvalue weighted by Crippen LogP contribution is -2.37. The van der Waals surface area contributed by atoms with Crippen LogP contribution in [0.4, 0.5) is 0 Å². The van der Waals surface area contributed by atoms with E-state index in [1.165, 1.54) is 19.3 Å². The van der Waals surface area contributed by atoms with Crippen LogP contribution < -0.4 is 0 Å². The molecule has 1 aliphatic rings. The second-order valence-corrected chi connectivity index (χ2v) is 7.73. The van der Waals surface area contributed by atoms with Crippen LogP contribution >= 0.6 is 0 Å². The Labute approximate surface area is 131 Å². The van der Waals surface area contributed by atoms with Crippen molar-refractivity contribution >= 4 is 5.91 Å². The van der Waals surface area contributed by atoms with Crippen LogP contribution in [0.2, 0.25) is 0 Å². The van der Waals surface area contributed by atoms with Gasteiger partial charge in [-0.25, -0.2) is 0 Å². The van der Waals surface area contributed by atoms with Crippen LogP contribution in [0.5, 0.6) is 0 Å². The Balaban J connectivity index is 2.38. The van der Waals surface area contributed by atoms with Crippen molar-refractivity contribution in [3.8, 4) is 0 Å². The number of unbranched alkanes of at least 4 members (excludes halogenated alkanes) is 3. The molecule has 1 amide bonds. The molecule has 0 spiro atoms. The minimum absolute atomic E-state index is 0.231. The fourth-order valence-electron chi connectivity index (χ4n) is 3.25. The Kier molecular flexibility index (Phi) is 7.72. The second-order valence-electron chi connectivity index (χ2n) is 7.73. The van der Waals surface area contributed by atoms with E-state index in [9.17, 15) is 9.90 Å². The van der Waals surface area contributed by atoms with E-state index in [0.29, 0.717) is 18.9 Å². The monoisotopic (exact) mass is 297 g/mol. The molecule has 0 aliphatic carbocycles. The maximum atomic E-state index is 12.2. The summed E-state index contributed by atoms with van der Waals surface area (Å²) in [4.78, 5) is 14.1. The molecule has 1 aliphatic heterocycles. The van der Waals surface area contributed by atoms with Crippen molar-refractivity contribution in [2.75, 3.05) is 13.1 Å². The first-order valence-corrected chi connectivity index (χ1v) is 8.80. The number of aliphatic hydroxyl groups excluding tert-OH is 1. The summed E-state index contributed by atoms with van der Waals surface area (Å²) in [6.07, 6.45) is 7.89. The molecule has 0 radical (unpaired) electrons. The van der Waals surface area contributed by atoms with Crippen LogP contribution in [0.25, 0.3) is 0 Å². The third-order valence-electron chi connectivity index (χ3n) is 4.85. The number of carbonyl (C=O) groups is 1. The van der Waals surface area contributed by atoms with Gasteiger partial charge in [0.2, 0.25) is 5.91 Å². The van der Waals surface area contributed by atoms with E-state index < -0.39 is 0 Å². The molecule has 1 rings (SSSR count). The lowest BCUT2D eigenvalue weighted by Gasteiger charge is -2.30. The van der Waals surface area contributed by atoms with E-state index in [0.717, 1.165) is 32.2 Å². The normalized spacial score (nSPS) is 22.2. The number of aliphatic hydroxyl groups is 1. The average molecular weight is 297 g/mol. The fraction of sp³-hybridized carbons (Fsp3) is 0.944. The number of rotatable bonds is 7. The number of hydrogen-bond acceptors (Lipinski definition) is 2. The molecule has 0 aromatic heterocycles. The summed E-state index contributed by atoms with van der Waals surface area (Å²) < 4.78 is 0. The smallest absolute Gasteiger partial charge is 0.222 e. The molecule has 0 unspecified atom stereocenters. The van der Waals surface area contributed by atoms with Crippen LogP contribution in [0, 0.1) is 11.3 Å². The summed E-state index contributed by atoms with van der Waals surface area (Å²) in [6.45, 7) is 10.3. The average Bonchev–Trinajstić information content (AvgIpc) is 2.57. The number of carbonyl (C=O) groups excluding carboxylic acids is 1. The van der Waals surface area contributed by atoms with Gasteiger partial charge in [0.15, 0.2) is 0 Å². The minimum atomic E-state index is -0.350. The quantitative estimate of drug-likeness (QED) is 0.722. The van der Waals surface area contributed by atoms with Gasteiger partial charge in [-0.15, -0.1) is 0 Å². The lowest BCUT2D eigenvalue weighted by atomic mass is 9.77. The predicted octanol–water partition coefficient (Wildman–Crippen LogP) is 3.99. The molecular weight excluding hydrogens is 262 g/mol. The Morgan fingerprint density at radius 2 is 1.95 bits per heavy atom. The summed E-state index contributed by atoms with van der Waals surface area (Å²) in [5.74, 6) is 0.836. The number of nitrogens with zero attached hydrogens (tertiary/aromatic N) is 1. The van der Waals surface area contributed by atoms with Gasteiger partial charge >= 0.3 is 0 Å². The molecule has 3 nitrogen and oxygen atoms in total. The zero-order chi connectivity index (χ0) is 15.9. The van der Waals surface area contributed by atoms with E-state index in [-0.39, 0.29) is 17.4 Å². The first-order valence-electron chi connectivity index (χ1n) is 8.80. The van der Waals surface area contributed by atoms with E-state index in [1.54, 1.807) is 0 Å². The third-order valence-corrected chi connectivity index (χ3v) is 4.85. The minimum Gasteiger partial charge on any atom is -0.391 e. The van der Waals surface area contributed by atoms with Crippen molar-refractivity contribution in [1.29, 1.82) is 0 Å². The maximum absolute atomic E-state index is 12.2. The highest BCUT2D eigenvalue weighted by molar-refractivity contribution is 5.76. The van der Waals surface area contributed by atoms with Crippen molar-refractivity contribution in [3.63, 3.8) is 0 Å². The molecule has 1 fully saturated rings. The summed E-state index contributed by atoms with van der Waals surface area (Å²) in [5.41, 5.74) is 0.273. The first kappa shape index (κ1) is 18.5. The van der Waals surface area contributed by atoms with Crippen molar-refractivity contribution in [2.45, 2.75) is 85.2 Å². The van der Waals surface area contributed by atoms with Crippen LogP contribution in [0.1, 0.15) is 79.1 Å². The van der Waals surface area contributed by atoms with Gasteiger partial charge < -0.3 is 10.0 Å². The zero-order valence-electron chi connectivity index (χ0n) is 14.5. The number of β-amino-alcohol motifs (C(OH)–C–C–N with tert-alkyl or cyclic N) is 1. The van der Waals surface area contributed by atoms with Crippen LogP contribution in [-0.2, 0) is 4.79 Å². The maximum Gasteiger partial charge on any atom is 0.222 e. The van der Waals surface area contributed by atoms with E-state index >= 15 is 0 Å². The molecule has 1 saturated heterocycles. The third kappa shape index (κ3) is 6.82. The summed E-state index contributed by atoms with van der Waals surface area (Å²) >= 11 is 0. The molecule has 2 atom stereocenters. The topological polar surface area (TPSA) is 40.5 Å². The Bertz CT molecular complexity index is 309. The highest BCUT2D eigenvalue weighted by Crippen LogP contribution is 2.34. The molecule has 0 aromatic rings. The lowest BCUT2D eigenvalue weighted by molar-refractivity contribution is -0.132. The number of hydrogen-bond donors (Lipinski definition) is 1. The van der Waals surface area contributed by atoms with Crippen molar-refractivity contribution in [1.82, 2.24) is 4.90 Å². The highest BCUT2D eigenvalue weighted by atomic mass is 16.3. The summed E-state index contributed by atoms with van der Waals surface area (Å²) in [7, 11) is 0. The summed E-state index contributed by atoms with van der Waals surface area (Å²) in [5, 5.41) is 10.1. The second kappa shape index (κ2) is 8.77. The van der Waals surface area contributed by atoms with E-state index in [4.69, 9.17) is 0 Å². The van der Waals surface area contributed by atoms with Gasteiger partial charge in [0.25, 0.3) is 0 Å². The van der Waals surface area contributed by atoms with Gasteiger partial charge in [-0.05, 0) is 30.6 Å². The first-order chi connectivity index (χ1) is 9.84. The van der Waals surface area contributed by atoms with E-state index in [2.05, 4.69) is 27.7 Å². The predicted molar refractivity (Wildman–Crippen MR) is 88.1 cm³/mol. The van der Waals surface area contributed by atoms with Gasteiger partial charge in [0, 0.05) is 19.5 Å².